The molecule has 160 valence electrons. The highest BCUT2D eigenvalue weighted by atomic mass is 35.5. The number of benzene rings is 2. The van der Waals surface area contributed by atoms with Crippen LogP contribution < -0.4 is 5.32 Å². The van der Waals surface area contributed by atoms with Crippen molar-refractivity contribution in [2.75, 3.05) is 5.32 Å². The first kappa shape index (κ1) is 22.3. The summed E-state index contributed by atoms with van der Waals surface area (Å²) in [6, 6.07) is 11.1. The second kappa shape index (κ2) is 8.78. The minimum absolute atomic E-state index is 0.140. The summed E-state index contributed by atoms with van der Waals surface area (Å²) in [5.41, 5.74) is 1.48. The van der Waals surface area contributed by atoms with Gasteiger partial charge in [-0.05, 0) is 25.5 Å². The second-order valence-corrected chi connectivity index (χ2v) is 9.10. The molecule has 1 amide bonds. The quantitative estimate of drug-likeness (QED) is 0.335. The van der Waals surface area contributed by atoms with E-state index < -0.39 is 25.8 Å². The number of nitro benzene ring substituents is 1. The lowest BCUT2D eigenvalue weighted by molar-refractivity contribution is -0.385. The zero-order chi connectivity index (χ0) is 22.8. The average Bonchev–Trinajstić information content (AvgIpc) is 2.69. The summed E-state index contributed by atoms with van der Waals surface area (Å²) in [6.07, 6.45) is 1.03. The van der Waals surface area contributed by atoms with E-state index in [1.54, 1.807) is 25.1 Å². The number of nitrogens with one attached hydrogen (secondary N) is 1. The molecule has 3 aromatic rings. The molecule has 1 aromatic heterocycles. The van der Waals surface area contributed by atoms with Crippen LogP contribution in [-0.2, 0) is 15.6 Å². The lowest BCUT2D eigenvalue weighted by Gasteiger charge is -2.09. The first-order valence-electron chi connectivity index (χ1n) is 8.94. The summed E-state index contributed by atoms with van der Waals surface area (Å²) in [4.78, 5) is 30.8. The molecule has 0 atom stereocenters. The highest BCUT2D eigenvalue weighted by molar-refractivity contribution is 7.90. The molecular weight excluding hydrogens is 444 g/mol. The number of hydrogen-bond acceptors (Lipinski definition) is 7. The molecule has 9 nitrogen and oxygen atoms in total. The Hall–Kier alpha value is -3.37. The summed E-state index contributed by atoms with van der Waals surface area (Å²) in [6.45, 7) is 3.41. The monoisotopic (exact) mass is 460 g/mol. The van der Waals surface area contributed by atoms with Gasteiger partial charge in [0, 0.05) is 17.3 Å². The van der Waals surface area contributed by atoms with Gasteiger partial charge in [0.05, 0.1) is 21.9 Å². The van der Waals surface area contributed by atoms with Crippen LogP contribution in [0, 0.1) is 24.0 Å². The van der Waals surface area contributed by atoms with E-state index in [1.165, 1.54) is 18.2 Å². The van der Waals surface area contributed by atoms with Crippen LogP contribution in [-0.4, -0.2) is 29.2 Å². The summed E-state index contributed by atoms with van der Waals surface area (Å²) in [5.74, 6) is -1.17. The molecule has 0 spiro atoms. The van der Waals surface area contributed by atoms with E-state index in [2.05, 4.69) is 15.3 Å². The van der Waals surface area contributed by atoms with E-state index in [4.69, 9.17) is 11.6 Å². The fourth-order valence-electron chi connectivity index (χ4n) is 2.82. The maximum absolute atomic E-state index is 12.7. The van der Waals surface area contributed by atoms with Crippen LogP contribution in [0.2, 0.25) is 5.02 Å². The smallest absolute Gasteiger partial charge is 0.275 e. The first-order chi connectivity index (χ1) is 14.6. The van der Waals surface area contributed by atoms with Gasteiger partial charge in [0.1, 0.15) is 0 Å². The Morgan fingerprint density at radius 2 is 1.94 bits per heavy atom. The minimum atomic E-state index is -3.95. The predicted molar refractivity (Wildman–Crippen MR) is 115 cm³/mol. The molecular formula is C20H17ClN4O5S. The van der Waals surface area contributed by atoms with E-state index in [0.29, 0.717) is 11.1 Å². The Labute approximate surface area is 183 Å². The molecule has 0 fully saturated rings. The number of aryl methyl sites for hydroxylation is 2. The summed E-state index contributed by atoms with van der Waals surface area (Å²) in [7, 11) is -3.95. The fourth-order valence-corrected chi connectivity index (χ4v) is 4.19. The molecule has 0 saturated heterocycles. The number of sulfone groups is 1. The number of anilines is 1. The number of carbonyl (C=O) groups excluding carboxylic acids is 1. The Kier molecular flexibility index (Phi) is 6.32. The van der Waals surface area contributed by atoms with E-state index in [9.17, 15) is 23.3 Å². The molecule has 31 heavy (non-hydrogen) atoms. The molecule has 1 N–H and O–H groups in total. The second-order valence-electron chi connectivity index (χ2n) is 6.81. The number of halogens is 1. The summed E-state index contributed by atoms with van der Waals surface area (Å²) in [5, 5.41) is 12.8. The molecule has 0 radical (unpaired) electrons. The van der Waals surface area contributed by atoms with Crippen LogP contribution in [0.5, 0.6) is 0 Å². The third kappa shape index (κ3) is 5.22. The third-order valence-corrected chi connectivity index (χ3v) is 6.06. The Morgan fingerprint density at radius 1 is 1.19 bits per heavy atom. The number of amides is 1. The number of nitrogens with zero attached hydrogens (tertiary/aromatic N) is 3. The number of hydrogen-bond donors (Lipinski definition) is 1. The highest BCUT2D eigenvalue weighted by Crippen LogP contribution is 2.24. The summed E-state index contributed by atoms with van der Waals surface area (Å²) >= 11 is 6.01. The number of nitro groups is 1. The van der Waals surface area contributed by atoms with Crippen LogP contribution >= 0.6 is 11.6 Å². The van der Waals surface area contributed by atoms with Gasteiger partial charge in [-0.25, -0.2) is 18.4 Å². The topological polar surface area (TPSA) is 132 Å². The van der Waals surface area contributed by atoms with Crippen molar-refractivity contribution in [2.45, 2.75) is 24.8 Å². The predicted octanol–water partition coefficient (Wildman–Crippen LogP) is 3.88. The van der Waals surface area contributed by atoms with Crippen molar-refractivity contribution in [3.63, 3.8) is 0 Å². The van der Waals surface area contributed by atoms with Crippen molar-refractivity contribution in [3.05, 3.63) is 86.2 Å². The third-order valence-electron chi connectivity index (χ3n) is 4.32. The van der Waals surface area contributed by atoms with Gasteiger partial charge in [-0.3, -0.25) is 14.9 Å². The van der Waals surface area contributed by atoms with Crippen molar-refractivity contribution < 1.29 is 18.1 Å². The largest absolute Gasteiger partial charge is 0.320 e. The maximum Gasteiger partial charge on any atom is 0.275 e. The highest BCUT2D eigenvalue weighted by Gasteiger charge is 2.23. The van der Waals surface area contributed by atoms with Crippen molar-refractivity contribution in [3.8, 4) is 0 Å². The lowest BCUT2D eigenvalue weighted by atomic mass is 10.2. The van der Waals surface area contributed by atoms with Gasteiger partial charge in [0.15, 0.2) is 5.69 Å². The van der Waals surface area contributed by atoms with Gasteiger partial charge in [-0.1, -0.05) is 47.5 Å². The molecule has 0 aliphatic rings. The molecule has 0 aliphatic carbocycles. The van der Waals surface area contributed by atoms with Crippen molar-refractivity contribution in [2.24, 2.45) is 0 Å². The number of rotatable bonds is 6. The molecule has 0 bridgehead atoms. The van der Waals surface area contributed by atoms with E-state index in [1.807, 2.05) is 13.0 Å². The lowest BCUT2D eigenvalue weighted by Crippen LogP contribution is -2.18. The van der Waals surface area contributed by atoms with Gasteiger partial charge < -0.3 is 5.32 Å². The molecule has 1 heterocycles. The molecule has 0 aliphatic heterocycles. The van der Waals surface area contributed by atoms with Crippen LogP contribution in [0.3, 0.4) is 0 Å². The normalized spacial score (nSPS) is 11.2. The number of aromatic nitrogens is 2. The van der Waals surface area contributed by atoms with Crippen molar-refractivity contribution in [1.29, 1.82) is 0 Å². The zero-order valence-corrected chi connectivity index (χ0v) is 18.1. The van der Waals surface area contributed by atoms with E-state index in [0.717, 1.165) is 11.8 Å². The van der Waals surface area contributed by atoms with Crippen LogP contribution in [0.15, 0.2) is 53.8 Å². The Balaban J connectivity index is 1.89. The Bertz CT molecular complexity index is 1290. The summed E-state index contributed by atoms with van der Waals surface area (Å²) < 4.78 is 25.5. The van der Waals surface area contributed by atoms with Gasteiger partial charge in [0.25, 0.3) is 11.6 Å². The van der Waals surface area contributed by atoms with Crippen LogP contribution in [0.4, 0.5) is 11.4 Å². The van der Waals surface area contributed by atoms with E-state index in [-0.39, 0.29) is 27.8 Å². The van der Waals surface area contributed by atoms with E-state index >= 15 is 0 Å². The van der Waals surface area contributed by atoms with Gasteiger partial charge in [-0.2, -0.15) is 0 Å². The van der Waals surface area contributed by atoms with Crippen LogP contribution in [0.1, 0.15) is 27.2 Å². The Morgan fingerprint density at radius 3 is 2.61 bits per heavy atom. The molecule has 11 heteroatoms. The molecule has 0 saturated carbocycles. The first-order valence-corrected chi connectivity index (χ1v) is 11.0. The van der Waals surface area contributed by atoms with Crippen LogP contribution in [0.25, 0.3) is 0 Å². The zero-order valence-electron chi connectivity index (χ0n) is 16.5. The molecule has 0 unspecified atom stereocenters. The number of carbonyl (C=O) groups is 1. The molecule has 2 aromatic carbocycles. The minimum Gasteiger partial charge on any atom is -0.320 e. The average molecular weight is 461 g/mol. The fraction of sp³-hybridized carbons (Fsp3) is 0.150. The van der Waals surface area contributed by atoms with Crippen molar-refractivity contribution in [1.82, 2.24) is 9.97 Å². The van der Waals surface area contributed by atoms with Crippen molar-refractivity contribution >= 4 is 38.7 Å². The van der Waals surface area contributed by atoms with Gasteiger partial charge in [0.2, 0.25) is 15.0 Å². The SMILES string of the molecule is Cc1cccc(CS(=O)(=O)c2ncc(Cl)c(C(=O)Nc3ccc(C)c([N+](=O)[O-])c3)n2)c1. The van der Waals surface area contributed by atoms with Gasteiger partial charge in [-0.15, -0.1) is 0 Å². The molecule has 3 rings (SSSR count). The van der Waals surface area contributed by atoms with Gasteiger partial charge >= 0.3 is 0 Å². The standard InChI is InChI=1S/C20H17ClN4O5S/c1-12-4-3-5-14(8-12)11-31(29,30)20-22-10-16(21)18(24-20)19(26)23-15-7-6-13(2)17(9-15)25(27)28/h3-10H,11H2,1-2H3,(H,23,26). The maximum atomic E-state index is 12.7.